The standard InChI is InChI=1S/C7H13F3N2O/c8-7(9,10)13-5-12-3-1-6(11)2-4-12/h6H,1-5,11H2. The Balaban J connectivity index is 2.16. The van der Waals surface area contributed by atoms with E-state index < -0.39 is 6.36 Å². The van der Waals surface area contributed by atoms with E-state index in [1.165, 1.54) is 0 Å². The van der Waals surface area contributed by atoms with E-state index in [1.54, 1.807) is 4.90 Å². The fourth-order valence-corrected chi connectivity index (χ4v) is 1.25. The molecule has 78 valence electrons. The average molecular weight is 198 g/mol. The lowest BCUT2D eigenvalue weighted by molar-refractivity contribution is -0.337. The van der Waals surface area contributed by atoms with Crippen molar-refractivity contribution in [1.82, 2.24) is 4.90 Å². The third kappa shape index (κ3) is 4.44. The number of hydrogen-bond acceptors (Lipinski definition) is 3. The Labute approximate surface area is 74.6 Å². The molecular formula is C7H13F3N2O. The Kier molecular flexibility index (Phi) is 3.52. The second-order valence-electron chi connectivity index (χ2n) is 3.17. The van der Waals surface area contributed by atoms with Crippen molar-refractivity contribution in [1.29, 1.82) is 0 Å². The van der Waals surface area contributed by atoms with Gasteiger partial charge in [0.15, 0.2) is 0 Å². The van der Waals surface area contributed by atoms with Gasteiger partial charge in [0.25, 0.3) is 0 Å². The Morgan fingerprint density at radius 1 is 1.31 bits per heavy atom. The third-order valence-corrected chi connectivity index (χ3v) is 2.04. The van der Waals surface area contributed by atoms with Crippen LogP contribution < -0.4 is 5.73 Å². The van der Waals surface area contributed by atoms with E-state index in [1.807, 2.05) is 0 Å². The summed E-state index contributed by atoms with van der Waals surface area (Å²) in [7, 11) is 0. The summed E-state index contributed by atoms with van der Waals surface area (Å²) in [5, 5.41) is 0. The van der Waals surface area contributed by atoms with Gasteiger partial charge in [-0.3, -0.25) is 9.64 Å². The van der Waals surface area contributed by atoms with Crippen LogP contribution in [0.1, 0.15) is 12.8 Å². The molecular weight excluding hydrogens is 185 g/mol. The number of alkyl halides is 3. The normalized spacial score (nSPS) is 22.2. The van der Waals surface area contributed by atoms with Crippen molar-refractivity contribution in [3.05, 3.63) is 0 Å². The molecule has 3 nitrogen and oxygen atoms in total. The fraction of sp³-hybridized carbons (Fsp3) is 1.00. The van der Waals surface area contributed by atoms with Crippen molar-refractivity contribution < 1.29 is 17.9 Å². The summed E-state index contributed by atoms with van der Waals surface area (Å²) in [6.07, 6.45) is -3.05. The van der Waals surface area contributed by atoms with Crippen molar-refractivity contribution >= 4 is 0 Å². The van der Waals surface area contributed by atoms with E-state index in [4.69, 9.17) is 5.73 Å². The third-order valence-electron chi connectivity index (χ3n) is 2.04. The summed E-state index contributed by atoms with van der Waals surface area (Å²) in [5.41, 5.74) is 5.59. The smallest absolute Gasteiger partial charge is 0.328 e. The molecule has 1 heterocycles. The number of ether oxygens (including phenoxy) is 1. The number of piperidine rings is 1. The van der Waals surface area contributed by atoms with Crippen LogP contribution in [0.2, 0.25) is 0 Å². The number of nitrogens with two attached hydrogens (primary N) is 1. The lowest BCUT2D eigenvalue weighted by Gasteiger charge is -2.29. The molecule has 0 amide bonds. The number of hydrogen-bond donors (Lipinski definition) is 1. The van der Waals surface area contributed by atoms with E-state index in [9.17, 15) is 13.2 Å². The molecule has 0 radical (unpaired) electrons. The van der Waals surface area contributed by atoms with E-state index in [0.717, 1.165) is 12.8 Å². The van der Waals surface area contributed by atoms with Crippen LogP contribution in [0.3, 0.4) is 0 Å². The zero-order valence-electron chi connectivity index (χ0n) is 7.18. The highest BCUT2D eigenvalue weighted by Gasteiger charge is 2.30. The number of halogens is 3. The molecule has 13 heavy (non-hydrogen) atoms. The quantitative estimate of drug-likeness (QED) is 0.716. The SMILES string of the molecule is NC1CCN(COC(F)(F)F)CC1. The maximum atomic E-state index is 11.6. The minimum absolute atomic E-state index is 0.127. The van der Waals surface area contributed by atoms with Gasteiger partial charge in [-0.2, -0.15) is 0 Å². The molecule has 0 aliphatic carbocycles. The monoisotopic (exact) mass is 198 g/mol. The van der Waals surface area contributed by atoms with Crippen LogP contribution in [0, 0.1) is 0 Å². The van der Waals surface area contributed by atoms with Gasteiger partial charge in [-0.15, -0.1) is 13.2 Å². The van der Waals surface area contributed by atoms with Crippen molar-refractivity contribution in [2.75, 3.05) is 19.8 Å². The highest BCUT2D eigenvalue weighted by molar-refractivity contribution is 4.72. The first-order chi connectivity index (χ1) is 5.97. The predicted octanol–water partition coefficient (Wildman–Crippen LogP) is 0.903. The minimum atomic E-state index is -4.53. The second-order valence-corrected chi connectivity index (χ2v) is 3.17. The van der Waals surface area contributed by atoms with Crippen LogP contribution in [0.25, 0.3) is 0 Å². The van der Waals surface area contributed by atoms with Gasteiger partial charge in [-0.1, -0.05) is 0 Å². The Morgan fingerprint density at radius 2 is 1.85 bits per heavy atom. The van der Waals surface area contributed by atoms with Gasteiger partial charge in [0.05, 0.1) is 0 Å². The lowest BCUT2D eigenvalue weighted by Crippen LogP contribution is -2.41. The maximum absolute atomic E-state index is 11.6. The number of rotatable bonds is 2. The molecule has 0 aromatic carbocycles. The number of nitrogens with zero attached hydrogens (tertiary/aromatic N) is 1. The van der Waals surface area contributed by atoms with E-state index in [2.05, 4.69) is 4.74 Å². The molecule has 1 aliphatic rings. The van der Waals surface area contributed by atoms with Gasteiger partial charge in [0, 0.05) is 19.1 Å². The molecule has 1 aliphatic heterocycles. The van der Waals surface area contributed by atoms with Gasteiger partial charge < -0.3 is 5.73 Å². The van der Waals surface area contributed by atoms with Gasteiger partial charge in [-0.05, 0) is 12.8 Å². The Morgan fingerprint density at radius 3 is 2.31 bits per heavy atom. The molecule has 1 rings (SSSR count). The largest absolute Gasteiger partial charge is 0.523 e. The van der Waals surface area contributed by atoms with Crippen molar-refractivity contribution in [2.24, 2.45) is 5.73 Å². The van der Waals surface area contributed by atoms with Crippen LogP contribution >= 0.6 is 0 Å². The minimum Gasteiger partial charge on any atom is -0.328 e. The molecule has 0 aromatic heterocycles. The molecule has 0 spiro atoms. The van der Waals surface area contributed by atoms with Crippen LogP contribution in [0.4, 0.5) is 13.2 Å². The molecule has 0 atom stereocenters. The molecule has 0 saturated carbocycles. The first-order valence-electron chi connectivity index (χ1n) is 4.16. The number of likely N-dealkylation sites (tertiary alicyclic amines) is 1. The first kappa shape index (κ1) is 10.7. The van der Waals surface area contributed by atoms with Crippen molar-refractivity contribution in [2.45, 2.75) is 25.2 Å². The van der Waals surface area contributed by atoms with Crippen LogP contribution in [0.15, 0.2) is 0 Å². The zero-order valence-corrected chi connectivity index (χ0v) is 7.18. The topological polar surface area (TPSA) is 38.5 Å². The van der Waals surface area contributed by atoms with Gasteiger partial charge in [0.1, 0.15) is 6.73 Å². The molecule has 2 N–H and O–H groups in total. The molecule has 1 saturated heterocycles. The molecule has 1 fully saturated rings. The van der Waals surface area contributed by atoms with Crippen molar-refractivity contribution in [3.63, 3.8) is 0 Å². The zero-order chi connectivity index (χ0) is 9.90. The van der Waals surface area contributed by atoms with E-state index in [0.29, 0.717) is 13.1 Å². The highest BCUT2D eigenvalue weighted by Crippen LogP contribution is 2.17. The van der Waals surface area contributed by atoms with Gasteiger partial charge in [-0.25, -0.2) is 0 Å². The van der Waals surface area contributed by atoms with Crippen LogP contribution in [-0.4, -0.2) is 37.1 Å². The summed E-state index contributed by atoms with van der Waals surface area (Å²) in [6, 6.07) is 0.127. The van der Waals surface area contributed by atoms with Crippen LogP contribution in [-0.2, 0) is 4.74 Å². The fourth-order valence-electron chi connectivity index (χ4n) is 1.25. The van der Waals surface area contributed by atoms with Gasteiger partial charge >= 0.3 is 6.36 Å². The van der Waals surface area contributed by atoms with Gasteiger partial charge in [0.2, 0.25) is 0 Å². The van der Waals surface area contributed by atoms with Crippen molar-refractivity contribution in [3.8, 4) is 0 Å². The molecule has 6 heteroatoms. The Hall–Kier alpha value is -0.330. The lowest BCUT2D eigenvalue weighted by atomic mass is 10.1. The van der Waals surface area contributed by atoms with Crippen LogP contribution in [0.5, 0.6) is 0 Å². The average Bonchev–Trinajstić information content (AvgIpc) is 2.02. The summed E-state index contributed by atoms with van der Waals surface area (Å²) >= 11 is 0. The van der Waals surface area contributed by atoms with E-state index >= 15 is 0 Å². The second kappa shape index (κ2) is 4.26. The highest BCUT2D eigenvalue weighted by atomic mass is 19.4. The Bertz CT molecular complexity index is 154. The summed E-state index contributed by atoms with van der Waals surface area (Å²) in [4.78, 5) is 1.61. The maximum Gasteiger partial charge on any atom is 0.523 e. The molecule has 0 aromatic rings. The van der Waals surface area contributed by atoms with E-state index in [-0.39, 0.29) is 12.8 Å². The first-order valence-corrected chi connectivity index (χ1v) is 4.16. The molecule has 0 bridgehead atoms. The molecule has 0 unspecified atom stereocenters. The summed E-state index contributed by atoms with van der Waals surface area (Å²) < 4.78 is 38.5. The predicted molar refractivity (Wildman–Crippen MR) is 40.8 cm³/mol. The summed E-state index contributed by atoms with van der Waals surface area (Å²) in [5.74, 6) is 0. The summed E-state index contributed by atoms with van der Waals surface area (Å²) in [6.45, 7) is 0.782.